The summed E-state index contributed by atoms with van der Waals surface area (Å²) in [6, 6.07) is 3.47. The van der Waals surface area contributed by atoms with Crippen molar-refractivity contribution in [1.82, 2.24) is 20.0 Å². The largest absolute Gasteiger partial charge is 0.393 e. The predicted octanol–water partition coefficient (Wildman–Crippen LogP) is 4.34. The van der Waals surface area contributed by atoms with E-state index in [1.165, 1.54) is 38.2 Å². The van der Waals surface area contributed by atoms with Crippen LogP contribution >= 0.6 is 0 Å². The van der Waals surface area contributed by atoms with Gasteiger partial charge in [0.05, 0.1) is 16.9 Å². The summed E-state index contributed by atoms with van der Waals surface area (Å²) in [4.78, 5) is 31.4. The molecule has 43 heavy (non-hydrogen) atoms. The van der Waals surface area contributed by atoms with Crippen LogP contribution in [0.4, 0.5) is 24.5 Å². The number of amides is 2. The third kappa shape index (κ3) is 8.73. The number of hydrogen-bond acceptors (Lipinski definition) is 6. The first-order chi connectivity index (χ1) is 20.5. The van der Waals surface area contributed by atoms with Gasteiger partial charge in [0.25, 0.3) is 12.3 Å². The number of benzene rings is 1. The molecule has 0 spiro atoms. The highest BCUT2D eigenvalue weighted by molar-refractivity contribution is 6.08. The van der Waals surface area contributed by atoms with E-state index in [4.69, 9.17) is 0 Å². The summed E-state index contributed by atoms with van der Waals surface area (Å²) in [6.07, 6.45) is 5.95. The van der Waals surface area contributed by atoms with E-state index >= 15 is 4.39 Å². The van der Waals surface area contributed by atoms with Gasteiger partial charge < -0.3 is 20.4 Å². The van der Waals surface area contributed by atoms with Gasteiger partial charge in [0.15, 0.2) is 0 Å². The molecule has 2 fully saturated rings. The number of halogens is 3. The minimum Gasteiger partial charge on any atom is -0.393 e. The van der Waals surface area contributed by atoms with Crippen LogP contribution in [-0.2, 0) is 9.59 Å². The Morgan fingerprint density at radius 3 is 2.26 bits per heavy atom. The summed E-state index contributed by atoms with van der Waals surface area (Å²) in [5, 5.41) is 5.48. The number of anilines is 2. The highest BCUT2D eigenvalue weighted by Crippen LogP contribution is 2.36. The van der Waals surface area contributed by atoms with Gasteiger partial charge in [-0.15, -0.1) is 0 Å². The molecule has 1 aromatic rings. The maximum atomic E-state index is 15.4. The Morgan fingerprint density at radius 1 is 1.12 bits per heavy atom. The normalized spacial score (nSPS) is 21.8. The van der Waals surface area contributed by atoms with Crippen LogP contribution in [0.5, 0.6) is 0 Å². The SMILES string of the molecule is C=C/C=C(\C(=C/NC)C(=O)Nc1cc(C2=CCN(C)C2)c(F)cc1N1CC(C)N(C)C(C)C1)C(F)F.O=CN1CCCC1. The van der Waals surface area contributed by atoms with Gasteiger partial charge in [-0.2, -0.15) is 0 Å². The molecule has 2 N–H and O–H groups in total. The fourth-order valence-corrected chi connectivity index (χ4v) is 5.52. The lowest BCUT2D eigenvalue weighted by atomic mass is 10.0. The monoisotopic (exact) mass is 602 g/mol. The molecule has 0 bridgehead atoms. The fraction of sp³-hybridized carbons (Fsp3) is 0.500. The maximum absolute atomic E-state index is 15.4. The Hall–Kier alpha value is -3.57. The lowest BCUT2D eigenvalue weighted by molar-refractivity contribution is -0.117. The van der Waals surface area contributed by atoms with Crippen LogP contribution in [0.3, 0.4) is 0 Å². The molecule has 11 heteroatoms. The van der Waals surface area contributed by atoms with Crippen molar-refractivity contribution in [2.24, 2.45) is 0 Å². The molecular formula is C32H45F3N6O2. The van der Waals surface area contributed by atoms with Crippen molar-refractivity contribution in [3.05, 3.63) is 65.7 Å². The van der Waals surface area contributed by atoms with E-state index in [9.17, 15) is 18.4 Å². The average Bonchev–Trinajstić information content (AvgIpc) is 3.66. The molecule has 236 valence electrons. The first-order valence-electron chi connectivity index (χ1n) is 14.7. The highest BCUT2D eigenvalue weighted by atomic mass is 19.3. The van der Waals surface area contributed by atoms with Gasteiger partial charge in [-0.3, -0.25) is 19.4 Å². The van der Waals surface area contributed by atoms with E-state index in [0.717, 1.165) is 31.1 Å². The number of hydrogen-bond donors (Lipinski definition) is 2. The van der Waals surface area contributed by atoms with E-state index in [2.05, 4.69) is 43.0 Å². The summed E-state index contributed by atoms with van der Waals surface area (Å²) in [5.74, 6) is -1.10. The van der Waals surface area contributed by atoms with Gasteiger partial charge in [0.2, 0.25) is 6.41 Å². The molecule has 3 heterocycles. The molecule has 3 aliphatic rings. The van der Waals surface area contributed by atoms with E-state index in [0.29, 0.717) is 43.1 Å². The lowest BCUT2D eigenvalue weighted by Crippen LogP contribution is -2.55. The zero-order valence-electron chi connectivity index (χ0n) is 25.9. The first-order valence-corrected chi connectivity index (χ1v) is 14.7. The minimum absolute atomic E-state index is 0.201. The third-order valence-corrected chi connectivity index (χ3v) is 8.14. The smallest absolute Gasteiger partial charge is 0.264 e. The van der Waals surface area contributed by atoms with Crippen molar-refractivity contribution in [3.8, 4) is 0 Å². The van der Waals surface area contributed by atoms with Gasteiger partial charge in [0, 0.05) is 75.7 Å². The van der Waals surface area contributed by atoms with Crippen LogP contribution in [0, 0.1) is 5.82 Å². The molecule has 0 aliphatic carbocycles. The van der Waals surface area contributed by atoms with E-state index < -0.39 is 17.9 Å². The summed E-state index contributed by atoms with van der Waals surface area (Å²) in [5.41, 5.74) is 1.45. The number of likely N-dealkylation sites (tertiary alicyclic amines) is 1. The quantitative estimate of drug-likeness (QED) is 0.249. The number of nitrogens with one attached hydrogen (secondary N) is 2. The van der Waals surface area contributed by atoms with Gasteiger partial charge in [-0.05, 0) is 58.5 Å². The molecule has 4 rings (SSSR count). The molecule has 2 amide bonds. The van der Waals surface area contributed by atoms with Crippen molar-refractivity contribution in [1.29, 1.82) is 0 Å². The number of allylic oxidation sites excluding steroid dienone is 2. The molecular weight excluding hydrogens is 557 g/mol. The highest BCUT2D eigenvalue weighted by Gasteiger charge is 2.30. The summed E-state index contributed by atoms with van der Waals surface area (Å²) >= 11 is 0. The number of alkyl halides is 2. The van der Waals surface area contributed by atoms with E-state index in [1.807, 2.05) is 22.9 Å². The van der Waals surface area contributed by atoms with Crippen molar-refractivity contribution >= 4 is 29.3 Å². The molecule has 2 saturated heterocycles. The second-order valence-corrected chi connectivity index (χ2v) is 11.4. The number of nitrogens with zero attached hydrogens (tertiary/aromatic N) is 4. The molecule has 1 aromatic carbocycles. The first kappa shape index (κ1) is 33.9. The Labute approximate surface area is 253 Å². The standard InChI is InChI=1S/C27H36F3N5O.C5H9NO/c1-7-8-20(26(29)30)22(13-31-4)27(36)32-24-11-21(19-9-10-33(5)16-19)23(28)12-25(24)35-14-17(2)34(6)18(3)15-35;7-5-6-3-1-2-4-6/h7-9,11-13,17-18,26,31H,1,10,14-16H2,2-6H3,(H,32,36);5H,1-4H2/b20-8+,22-13+;. The Balaban J connectivity index is 0.000000633. The second kappa shape index (κ2) is 15.8. The van der Waals surface area contributed by atoms with E-state index in [-0.39, 0.29) is 23.5 Å². The Morgan fingerprint density at radius 2 is 1.77 bits per heavy atom. The molecule has 0 radical (unpaired) electrons. The second-order valence-electron chi connectivity index (χ2n) is 11.4. The van der Waals surface area contributed by atoms with Crippen molar-refractivity contribution in [2.45, 2.75) is 45.2 Å². The fourth-order valence-electron chi connectivity index (χ4n) is 5.52. The number of likely N-dealkylation sites (N-methyl/N-ethyl adjacent to an activating group) is 2. The van der Waals surface area contributed by atoms with Crippen LogP contribution < -0.4 is 15.5 Å². The van der Waals surface area contributed by atoms with Crippen LogP contribution in [0.15, 0.2) is 54.3 Å². The maximum Gasteiger partial charge on any atom is 0.264 e. The number of carbonyl (C=O) groups is 2. The van der Waals surface area contributed by atoms with Gasteiger partial charge in [-0.25, -0.2) is 13.2 Å². The van der Waals surface area contributed by atoms with E-state index in [1.54, 1.807) is 11.0 Å². The van der Waals surface area contributed by atoms with Crippen LogP contribution in [0.1, 0.15) is 32.3 Å². The molecule has 0 saturated carbocycles. The molecule has 2 atom stereocenters. The Kier molecular flexibility index (Phi) is 12.4. The van der Waals surface area contributed by atoms with Crippen molar-refractivity contribution in [2.75, 3.05) is 70.6 Å². The van der Waals surface area contributed by atoms with Gasteiger partial charge in [-0.1, -0.05) is 24.8 Å². The zero-order chi connectivity index (χ0) is 31.7. The molecule has 3 aliphatic heterocycles. The predicted molar refractivity (Wildman–Crippen MR) is 168 cm³/mol. The van der Waals surface area contributed by atoms with Crippen LogP contribution in [-0.4, -0.2) is 106 Å². The molecule has 8 nitrogen and oxygen atoms in total. The Bertz CT molecular complexity index is 1230. The number of carbonyl (C=O) groups excluding carboxylic acids is 2. The molecule has 2 unspecified atom stereocenters. The van der Waals surface area contributed by atoms with Crippen molar-refractivity contribution < 1.29 is 22.8 Å². The molecule has 0 aromatic heterocycles. The van der Waals surface area contributed by atoms with Gasteiger partial charge >= 0.3 is 0 Å². The number of piperazine rings is 1. The summed E-state index contributed by atoms with van der Waals surface area (Å²) < 4.78 is 43.0. The third-order valence-electron chi connectivity index (χ3n) is 8.14. The zero-order valence-corrected chi connectivity index (χ0v) is 25.9. The van der Waals surface area contributed by atoms with Gasteiger partial charge in [0.1, 0.15) is 5.82 Å². The average molecular weight is 603 g/mol. The topological polar surface area (TPSA) is 71.2 Å². The minimum atomic E-state index is -2.88. The number of rotatable bonds is 9. The lowest BCUT2D eigenvalue weighted by Gasteiger charge is -2.44. The van der Waals surface area contributed by atoms with Crippen LogP contribution in [0.25, 0.3) is 5.57 Å². The van der Waals surface area contributed by atoms with Crippen LogP contribution in [0.2, 0.25) is 0 Å². The summed E-state index contributed by atoms with van der Waals surface area (Å²) in [6.45, 7) is 12.2. The van der Waals surface area contributed by atoms with Crippen molar-refractivity contribution in [3.63, 3.8) is 0 Å². The summed E-state index contributed by atoms with van der Waals surface area (Å²) in [7, 11) is 5.52.